The number of aromatic hydroxyl groups is 1. The zero-order chi connectivity index (χ0) is 14.7. The number of aryl methyl sites for hydroxylation is 2. The number of benzene rings is 2. The van der Waals surface area contributed by atoms with Gasteiger partial charge >= 0.3 is 0 Å². The molecule has 0 bridgehead atoms. The van der Waals surface area contributed by atoms with E-state index >= 15 is 0 Å². The second-order valence-electron chi connectivity index (χ2n) is 5.31. The number of nitrogens with zero attached hydrogens (tertiary/aromatic N) is 1. The lowest BCUT2D eigenvalue weighted by Gasteiger charge is -2.32. The van der Waals surface area contributed by atoms with Crippen molar-refractivity contribution < 1.29 is 5.11 Å². The predicted molar refractivity (Wildman–Crippen MR) is 85.5 cm³/mol. The highest BCUT2D eigenvalue weighted by Gasteiger charge is 2.19. The fraction of sp³-hybridized carbons (Fsp3) is 0.333. The summed E-state index contributed by atoms with van der Waals surface area (Å²) in [7, 11) is 0. The lowest BCUT2D eigenvalue weighted by atomic mass is 10.0. The fourth-order valence-electron chi connectivity index (χ4n) is 2.71. The number of rotatable bonds is 4. The Balaban J connectivity index is 2.41. The molecule has 106 valence electrons. The van der Waals surface area contributed by atoms with Gasteiger partial charge in [-0.1, -0.05) is 35.9 Å². The minimum absolute atomic E-state index is 0.140. The molecule has 0 saturated heterocycles. The number of anilines is 1. The van der Waals surface area contributed by atoms with Crippen LogP contribution in [-0.2, 0) is 0 Å². The molecule has 2 aromatic rings. The Bertz CT molecular complexity index is 592. The molecule has 0 spiro atoms. The van der Waals surface area contributed by atoms with Crippen LogP contribution in [0.25, 0.3) is 0 Å². The van der Waals surface area contributed by atoms with E-state index in [1.165, 1.54) is 16.8 Å². The lowest BCUT2D eigenvalue weighted by Crippen LogP contribution is -2.27. The zero-order valence-corrected chi connectivity index (χ0v) is 12.7. The Kier molecular flexibility index (Phi) is 4.33. The minimum atomic E-state index is 0.140. The van der Waals surface area contributed by atoms with Gasteiger partial charge in [0.1, 0.15) is 5.75 Å². The summed E-state index contributed by atoms with van der Waals surface area (Å²) in [5.74, 6) is 0.370. The summed E-state index contributed by atoms with van der Waals surface area (Å²) in [5, 5.41) is 10.1. The summed E-state index contributed by atoms with van der Waals surface area (Å²) < 4.78 is 0. The molecule has 0 saturated carbocycles. The maximum atomic E-state index is 10.1. The Morgan fingerprint density at radius 2 is 1.80 bits per heavy atom. The normalized spacial score (nSPS) is 12.2. The third-order valence-corrected chi connectivity index (χ3v) is 3.87. The SMILES string of the molecule is CCN(c1ccccc1C)C(C)c1cc(C)ccc1O. The summed E-state index contributed by atoms with van der Waals surface area (Å²) >= 11 is 0. The van der Waals surface area contributed by atoms with Crippen LogP contribution in [-0.4, -0.2) is 11.7 Å². The van der Waals surface area contributed by atoms with Crippen molar-refractivity contribution in [2.45, 2.75) is 33.7 Å². The average Bonchev–Trinajstić information content (AvgIpc) is 2.44. The van der Waals surface area contributed by atoms with Crippen LogP contribution in [0.2, 0.25) is 0 Å². The van der Waals surface area contributed by atoms with Crippen LogP contribution in [0.4, 0.5) is 5.69 Å². The standard InChI is InChI=1S/C18H23NO/c1-5-19(17-9-7-6-8-14(17)3)15(4)16-12-13(2)10-11-18(16)20/h6-12,15,20H,5H2,1-4H3. The van der Waals surface area contributed by atoms with Gasteiger partial charge in [-0.05, 0) is 45.4 Å². The molecule has 0 aromatic heterocycles. The summed E-state index contributed by atoms with van der Waals surface area (Å²) in [6.07, 6.45) is 0. The van der Waals surface area contributed by atoms with Crippen molar-refractivity contribution in [2.24, 2.45) is 0 Å². The number of hydrogen-bond acceptors (Lipinski definition) is 2. The van der Waals surface area contributed by atoms with Crippen molar-refractivity contribution in [2.75, 3.05) is 11.4 Å². The molecule has 0 radical (unpaired) electrons. The minimum Gasteiger partial charge on any atom is -0.508 e. The largest absolute Gasteiger partial charge is 0.508 e. The van der Waals surface area contributed by atoms with E-state index in [0.717, 1.165) is 12.1 Å². The molecule has 0 aliphatic rings. The van der Waals surface area contributed by atoms with Gasteiger partial charge in [0.05, 0.1) is 6.04 Å². The van der Waals surface area contributed by atoms with Gasteiger partial charge < -0.3 is 10.0 Å². The molecule has 2 rings (SSSR count). The molecule has 2 nitrogen and oxygen atoms in total. The van der Waals surface area contributed by atoms with Crippen LogP contribution >= 0.6 is 0 Å². The van der Waals surface area contributed by atoms with E-state index in [2.05, 4.69) is 62.9 Å². The number of para-hydroxylation sites is 1. The molecular formula is C18H23NO. The lowest BCUT2D eigenvalue weighted by molar-refractivity contribution is 0.461. The maximum Gasteiger partial charge on any atom is 0.120 e. The van der Waals surface area contributed by atoms with Gasteiger partial charge in [-0.2, -0.15) is 0 Å². The van der Waals surface area contributed by atoms with Crippen molar-refractivity contribution in [3.05, 3.63) is 59.2 Å². The van der Waals surface area contributed by atoms with E-state index in [9.17, 15) is 5.11 Å². The van der Waals surface area contributed by atoms with Gasteiger partial charge in [-0.3, -0.25) is 0 Å². The molecule has 0 fully saturated rings. The Hall–Kier alpha value is -1.96. The monoisotopic (exact) mass is 269 g/mol. The maximum absolute atomic E-state index is 10.1. The Morgan fingerprint density at radius 3 is 2.45 bits per heavy atom. The zero-order valence-electron chi connectivity index (χ0n) is 12.7. The molecule has 1 unspecified atom stereocenters. The molecule has 1 N–H and O–H groups in total. The van der Waals surface area contributed by atoms with E-state index in [0.29, 0.717) is 5.75 Å². The van der Waals surface area contributed by atoms with Crippen molar-refractivity contribution in [3.8, 4) is 5.75 Å². The first kappa shape index (κ1) is 14.4. The van der Waals surface area contributed by atoms with Gasteiger partial charge in [0.2, 0.25) is 0 Å². The molecule has 2 aromatic carbocycles. The van der Waals surface area contributed by atoms with Crippen molar-refractivity contribution in [1.82, 2.24) is 0 Å². The van der Waals surface area contributed by atoms with E-state index < -0.39 is 0 Å². The van der Waals surface area contributed by atoms with Crippen LogP contribution < -0.4 is 4.90 Å². The second kappa shape index (κ2) is 6.00. The van der Waals surface area contributed by atoms with Crippen LogP contribution in [0, 0.1) is 13.8 Å². The molecule has 0 aliphatic carbocycles. The highest BCUT2D eigenvalue weighted by molar-refractivity contribution is 5.55. The Labute approximate surface area is 121 Å². The van der Waals surface area contributed by atoms with E-state index in [1.807, 2.05) is 6.07 Å². The fourth-order valence-corrected chi connectivity index (χ4v) is 2.71. The summed E-state index contributed by atoms with van der Waals surface area (Å²) in [6.45, 7) is 9.38. The van der Waals surface area contributed by atoms with Crippen LogP contribution in [0.15, 0.2) is 42.5 Å². The van der Waals surface area contributed by atoms with Crippen LogP contribution in [0.5, 0.6) is 5.75 Å². The average molecular weight is 269 g/mol. The highest BCUT2D eigenvalue weighted by Crippen LogP contribution is 2.33. The van der Waals surface area contributed by atoms with E-state index in [1.54, 1.807) is 6.07 Å². The predicted octanol–water partition coefficient (Wildman–Crippen LogP) is 4.60. The third kappa shape index (κ3) is 2.79. The molecule has 1 atom stereocenters. The molecular weight excluding hydrogens is 246 g/mol. The second-order valence-corrected chi connectivity index (χ2v) is 5.31. The molecule has 20 heavy (non-hydrogen) atoms. The number of hydrogen-bond donors (Lipinski definition) is 1. The van der Waals surface area contributed by atoms with Crippen LogP contribution in [0.1, 0.15) is 36.6 Å². The van der Waals surface area contributed by atoms with Gasteiger partial charge in [-0.15, -0.1) is 0 Å². The van der Waals surface area contributed by atoms with Crippen LogP contribution in [0.3, 0.4) is 0 Å². The summed E-state index contributed by atoms with van der Waals surface area (Å²) in [4.78, 5) is 2.32. The summed E-state index contributed by atoms with van der Waals surface area (Å²) in [6, 6.07) is 14.3. The van der Waals surface area contributed by atoms with Crippen molar-refractivity contribution in [3.63, 3.8) is 0 Å². The van der Waals surface area contributed by atoms with E-state index in [-0.39, 0.29) is 6.04 Å². The van der Waals surface area contributed by atoms with E-state index in [4.69, 9.17) is 0 Å². The van der Waals surface area contributed by atoms with Gasteiger partial charge in [0.25, 0.3) is 0 Å². The van der Waals surface area contributed by atoms with Gasteiger partial charge in [0.15, 0.2) is 0 Å². The topological polar surface area (TPSA) is 23.5 Å². The smallest absolute Gasteiger partial charge is 0.120 e. The first-order valence-electron chi connectivity index (χ1n) is 7.16. The Morgan fingerprint density at radius 1 is 1.10 bits per heavy atom. The molecule has 0 heterocycles. The highest BCUT2D eigenvalue weighted by atomic mass is 16.3. The van der Waals surface area contributed by atoms with Gasteiger partial charge in [0, 0.05) is 17.8 Å². The first-order valence-corrected chi connectivity index (χ1v) is 7.16. The third-order valence-electron chi connectivity index (χ3n) is 3.87. The number of phenolic OH excluding ortho intramolecular Hbond substituents is 1. The quantitative estimate of drug-likeness (QED) is 0.877. The number of phenols is 1. The molecule has 0 aliphatic heterocycles. The van der Waals surface area contributed by atoms with Crippen molar-refractivity contribution >= 4 is 5.69 Å². The molecule has 2 heteroatoms. The summed E-state index contributed by atoms with van der Waals surface area (Å²) in [5.41, 5.74) is 4.64. The van der Waals surface area contributed by atoms with Gasteiger partial charge in [-0.25, -0.2) is 0 Å². The first-order chi connectivity index (χ1) is 9.54. The molecule has 0 amide bonds. The van der Waals surface area contributed by atoms with Crippen molar-refractivity contribution in [1.29, 1.82) is 0 Å².